The van der Waals surface area contributed by atoms with Crippen LogP contribution in [0.15, 0.2) is 67.1 Å². The summed E-state index contributed by atoms with van der Waals surface area (Å²) in [6.07, 6.45) is 11.5. The molecular formula is C30H32N4O2. The second kappa shape index (κ2) is 7.79. The predicted octanol–water partition coefficient (Wildman–Crippen LogP) is 5.49. The first-order valence-corrected chi connectivity index (χ1v) is 13.3. The van der Waals surface area contributed by atoms with Crippen LogP contribution in [0.2, 0.25) is 0 Å². The maximum absolute atomic E-state index is 13.8. The zero-order valence-electron chi connectivity index (χ0n) is 20.5. The Bertz CT molecular complexity index is 1320. The third-order valence-corrected chi connectivity index (χ3v) is 9.62. The van der Waals surface area contributed by atoms with Gasteiger partial charge >= 0.3 is 6.03 Å². The van der Waals surface area contributed by atoms with Crippen LogP contribution >= 0.6 is 0 Å². The number of nitrogens with one attached hydrogen (secondary N) is 2. The third kappa shape index (κ3) is 3.34. The standard InChI is InChI=1S/C30H32N4O2/c35-26(18-24-22-8-4-5-9-23(22)25-19-31-20-34(24)25)28-10-13-29(14-11-28,15-12-28)32-27(36)33-30(16-17-30)21-6-2-1-3-7-21/h1-9,19-20,24H,10-18H2,(H2,32,33,36). The summed E-state index contributed by atoms with van der Waals surface area (Å²) in [6.45, 7) is 0. The Balaban J connectivity index is 1.02. The van der Waals surface area contributed by atoms with Crippen molar-refractivity contribution in [1.82, 2.24) is 20.2 Å². The molecule has 2 amide bonds. The Morgan fingerprint density at radius 2 is 1.56 bits per heavy atom. The van der Waals surface area contributed by atoms with Crippen LogP contribution in [0.1, 0.15) is 75.0 Å². The molecule has 1 unspecified atom stereocenters. The van der Waals surface area contributed by atoms with E-state index in [1.54, 1.807) is 0 Å². The summed E-state index contributed by atoms with van der Waals surface area (Å²) in [5, 5.41) is 6.64. The number of amides is 2. The van der Waals surface area contributed by atoms with Gasteiger partial charge in [-0.05, 0) is 62.5 Å². The van der Waals surface area contributed by atoms with E-state index >= 15 is 0 Å². The smallest absolute Gasteiger partial charge is 0.315 e. The first kappa shape index (κ1) is 21.8. The number of benzene rings is 2. The van der Waals surface area contributed by atoms with Gasteiger partial charge in [-0.1, -0.05) is 54.6 Å². The molecule has 4 saturated carbocycles. The maximum Gasteiger partial charge on any atom is 0.315 e. The highest BCUT2D eigenvalue weighted by atomic mass is 16.2. The molecular weight excluding hydrogens is 448 g/mol. The van der Waals surface area contributed by atoms with Crippen LogP contribution in [0.4, 0.5) is 4.79 Å². The van der Waals surface area contributed by atoms with Crippen LogP contribution in [0.5, 0.6) is 0 Å². The number of carbonyl (C=O) groups excluding carboxylic acids is 2. The highest BCUT2D eigenvalue weighted by Crippen LogP contribution is 2.54. The molecule has 5 aliphatic rings. The second-order valence-electron chi connectivity index (χ2n) is 11.5. The van der Waals surface area contributed by atoms with E-state index in [2.05, 4.69) is 56.6 Å². The molecule has 1 aliphatic heterocycles. The summed E-state index contributed by atoms with van der Waals surface area (Å²) >= 11 is 0. The fourth-order valence-electron chi connectivity index (χ4n) is 7.18. The van der Waals surface area contributed by atoms with E-state index in [-0.39, 0.29) is 28.6 Å². The number of fused-ring (bicyclic) bond motifs is 6. The van der Waals surface area contributed by atoms with E-state index in [1.807, 2.05) is 30.7 Å². The molecule has 2 N–H and O–H groups in total. The first-order valence-electron chi connectivity index (χ1n) is 13.3. The van der Waals surface area contributed by atoms with Gasteiger partial charge in [0.25, 0.3) is 0 Å². The number of carbonyl (C=O) groups is 2. The third-order valence-electron chi connectivity index (χ3n) is 9.62. The van der Waals surface area contributed by atoms with Gasteiger partial charge in [-0.25, -0.2) is 9.78 Å². The fourth-order valence-corrected chi connectivity index (χ4v) is 7.18. The van der Waals surface area contributed by atoms with E-state index in [1.165, 1.54) is 16.7 Å². The molecule has 8 rings (SSSR count). The van der Waals surface area contributed by atoms with Gasteiger partial charge in [-0.15, -0.1) is 0 Å². The zero-order valence-corrected chi connectivity index (χ0v) is 20.5. The lowest BCUT2D eigenvalue weighted by molar-refractivity contribution is -0.136. The zero-order chi connectivity index (χ0) is 24.4. The Hall–Kier alpha value is -3.41. The van der Waals surface area contributed by atoms with Crippen molar-refractivity contribution in [3.8, 4) is 11.3 Å². The highest BCUT2D eigenvalue weighted by Gasteiger charge is 2.54. The summed E-state index contributed by atoms with van der Waals surface area (Å²) in [5.41, 5.74) is 4.06. The lowest BCUT2D eigenvalue weighted by Gasteiger charge is -2.53. The number of urea groups is 1. The maximum atomic E-state index is 13.8. The lowest BCUT2D eigenvalue weighted by Crippen LogP contribution is -2.60. The van der Waals surface area contributed by atoms with Gasteiger partial charge in [-0.3, -0.25) is 4.79 Å². The van der Waals surface area contributed by atoms with Crippen LogP contribution in [-0.2, 0) is 10.3 Å². The number of ketones is 1. The lowest BCUT2D eigenvalue weighted by atomic mass is 9.55. The second-order valence-corrected chi connectivity index (χ2v) is 11.5. The number of rotatable bonds is 6. The van der Waals surface area contributed by atoms with Crippen molar-refractivity contribution in [2.24, 2.45) is 5.41 Å². The molecule has 36 heavy (non-hydrogen) atoms. The topological polar surface area (TPSA) is 76.0 Å². The molecule has 6 nitrogen and oxygen atoms in total. The predicted molar refractivity (Wildman–Crippen MR) is 137 cm³/mol. The molecule has 0 radical (unpaired) electrons. The average Bonchev–Trinajstić information content (AvgIpc) is 3.42. The number of hydrogen-bond donors (Lipinski definition) is 2. The van der Waals surface area contributed by atoms with Crippen molar-refractivity contribution < 1.29 is 9.59 Å². The summed E-state index contributed by atoms with van der Waals surface area (Å²) < 4.78 is 2.17. The van der Waals surface area contributed by atoms with Crippen molar-refractivity contribution in [3.05, 3.63) is 78.2 Å². The van der Waals surface area contributed by atoms with Gasteiger partial charge < -0.3 is 15.2 Å². The monoisotopic (exact) mass is 480 g/mol. The molecule has 4 aliphatic carbocycles. The number of imidazole rings is 1. The van der Waals surface area contributed by atoms with Crippen LogP contribution in [0, 0.1) is 5.41 Å². The molecule has 2 bridgehead atoms. The summed E-state index contributed by atoms with van der Waals surface area (Å²) in [7, 11) is 0. The first-order chi connectivity index (χ1) is 17.5. The fraction of sp³-hybridized carbons (Fsp3) is 0.433. The van der Waals surface area contributed by atoms with Crippen LogP contribution in [0.3, 0.4) is 0 Å². The minimum atomic E-state index is -0.250. The van der Waals surface area contributed by atoms with Crippen molar-refractivity contribution in [3.63, 3.8) is 0 Å². The molecule has 1 atom stereocenters. The normalized spacial score (nSPS) is 28.7. The summed E-state index contributed by atoms with van der Waals surface area (Å²) in [4.78, 5) is 31.2. The van der Waals surface area contributed by atoms with Gasteiger partial charge in [-0.2, -0.15) is 0 Å². The average molecular weight is 481 g/mol. The summed E-state index contributed by atoms with van der Waals surface area (Å²) in [5.74, 6) is 0.377. The highest BCUT2D eigenvalue weighted by molar-refractivity contribution is 5.87. The van der Waals surface area contributed by atoms with Crippen molar-refractivity contribution in [2.45, 2.75) is 74.9 Å². The van der Waals surface area contributed by atoms with E-state index in [9.17, 15) is 9.59 Å². The number of nitrogens with zero attached hydrogens (tertiary/aromatic N) is 2. The minimum absolute atomic E-state index is 0.0332. The molecule has 2 aromatic carbocycles. The molecule has 184 valence electrons. The van der Waals surface area contributed by atoms with Crippen LogP contribution < -0.4 is 10.6 Å². The van der Waals surface area contributed by atoms with Crippen LogP contribution in [-0.4, -0.2) is 26.9 Å². The van der Waals surface area contributed by atoms with Crippen molar-refractivity contribution >= 4 is 11.8 Å². The van der Waals surface area contributed by atoms with Gasteiger partial charge in [0.05, 0.1) is 29.8 Å². The summed E-state index contributed by atoms with van der Waals surface area (Å²) in [6, 6.07) is 18.6. The SMILES string of the molecule is O=C(NC12CCC(C(=O)CC3c4ccccc4-c4cncn43)(CC1)CC2)NC1(c2ccccc2)CC1. The molecule has 0 spiro atoms. The van der Waals surface area contributed by atoms with Crippen molar-refractivity contribution in [1.29, 1.82) is 0 Å². The van der Waals surface area contributed by atoms with Gasteiger partial charge in [0.1, 0.15) is 5.78 Å². The van der Waals surface area contributed by atoms with Gasteiger partial charge in [0.2, 0.25) is 0 Å². The molecule has 6 heteroatoms. The Labute approximate surface area is 211 Å². The van der Waals surface area contributed by atoms with E-state index < -0.39 is 0 Å². The Kier molecular flexibility index (Phi) is 4.73. The minimum Gasteiger partial charge on any atom is -0.333 e. The number of aromatic nitrogens is 2. The molecule has 2 heterocycles. The quantitative estimate of drug-likeness (QED) is 0.490. The van der Waals surface area contributed by atoms with E-state index in [4.69, 9.17) is 0 Å². The molecule has 0 saturated heterocycles. The number of hydrogen-bond acceptors (Lipinski definition) is 3. The van der Waals surface area contributed by atoms with Crippen molar-refractivity contribution in [2.75, 3.05) is 0 Å². The molecule has 1 aromatic heterocycles. The van der Waals surface area contributed by atoms with E-state index in [0.717, 1.165) is 57.1 Å². The largest absolute Gasteiger partial charge is 0.333 e. The number of Topliss-reactive ketones (excluding diaryl/α,β-unsaturated/α-hetero) is 1. The van der Waals surface area contributed by atoms with E-state index in [0.29, 0.717) is 12.2 Å². The molecule has 3 aromatic rings. The Morgan fingerprint density at radius 1 is 0.861 bits per heavy atom. The van der Waals surface area contributed by atoms with Gasteiger partial charge in [0.15, 0.2) is 0 Å². The van der Waals surface area contributed by atoms with Gasteiger partial charge in [0, 0.05) is 22.9 Å². The molecule has 4 fully saturated rings. The van der Waals surface area contributed by atoms with Crippen LogP contribution in [0.25, 0.3) is 11.3 Å². The Morgan fingerprint density at radius 3 is 2.28 bits per heavy atom.